The van der Waals surface area contributed by atoms with Gasteiger partial charge in [-0.3, -0.25) is 5.32 Å². The first-order valence-electron chi connectivity index (χ1n) is 5.80. The Labute approximate surface area is 123 Å². The number of hydrogen-bond donors (Lipinski definition) is 2. The van der Waals surface area contributed by atoms with Crippen LogP contribution in [0, 0.1) is 0 Å². The molecule has 8 heteroatoms. The number of urea groups is 1. The summed E-state index contributed by atoms with van der Waals surface area (Å²) in [7, 11) is 1.57. The lowest BCUT2D eigenvalue weighted by molar-refractivity contribution is 0.198. The normalized spacial score (nSPS) is 10.3. The van der Waals surface area contributed by atoms with Gasteiger partial charge in [-0.15, -0.1) is 0 Å². The molecule has 2 rings (SSSR count). The van der Waals surface area contributed by atoms with Crippen molar-refractivity contribution >= 4 is 27.8 Å². The summed E-state index contributed by atoms with van der Waals surface area (Å²) in [5.41, 5.74) is 0.581. The lowest BCUT2D eigenvalue weighted by atomic mass is 10.3. The van der Waals surface area contributed by atoms with Crippen molar-refractivity contribution in [1.29, 1.82) is 0 Å². The Kier molecular flexibility index (Phi) is 5.08. The standard InChI is InChI=1S/C12H13BrN4O3/c1-19-5-4-14-12(18)17-11-6-8(15-7-16-11)9-2-3-10(13)20-9/h2-3,6-7H,4-5H2,1H3,(H2,14,15,16,17,18). The van der Waals surface area contributed by atoms with Crippen LogP contribution >= 0.6 is 15.9 Å². The van der Waals surface area contributed by atoms with Gasteiger partial charge in [-0.25, -0.2) is 14.8 Å². The minimum Gasteiger partial charge on any atom is -0.448 e. The lowest BCUT2D eigenvalue weighted by Crippen LogP contribution is -2.31. The Morgan fingerprint density at radius 3 is 3.00 bits per heavy atom. The molecule has 106 valence electrons. The van der Waals surface area contributed by atoms with Crippen LogP contribution in [0.5, 0.6) is 0 Å². The minimum atomic E-state index is -0.354. The summed E-state index contributed by atoms with van der Waals surface area (Å²) in [5, 5.41) is 5.24. The van der Waals surface area contributed by atoms with Gasteiger partial charge >= 0.3 is 6.03 Å². The SMILES string of the molecule is COCCNC(=O)Nc1cc(-c2ccc(Br)o2)ncn1. The van der Waals surface area contributed by atoms with Gasteiger partial charge in [-0.2, -0.15) is 0 Å². The summed E-state index contributed by atoms with van der Waals surface area (Å²) >= 11 is 3.22. The van der Waals surface area contributed by atoms with Crippen LogP contribution < -0.4 is 10.6 Å². The van der Waals surface area contributed by atoms with Gasteiger partial charge in [0.1, 0.15) is 17.8 Å². The first-order chi connectivity index (χ1) is 9.69. The quantitative estimate of drug-likeness (QED) is 0.815. The number of nitrogens with one attached hydrogen (secondary N) is 2. The molecule has 0 aliphatic carbocycles. The molecule has 0 unspecified atom stereocenters. The van der Waals surface area contributed by atoms with E-state index in [-0.39, 0.29) is 6.03 Å². The van der Waals surface area contributed by atoms with Crippen LogP contribution in [0.4, 0.5) is 10.6 Å². The number of ether oxygens (including phenoxy) is 1. The van der Waals surface area contributed by atoms with Crippen molar-refractivity contribution < 1.29 is 13.9 Å². The number of aromatic nitrogens is 2. The first-order valence-corrected chi connectivity index (χ1v) is 6.60. The molecular weight excluding hydrogens is 328 g/mol. The predicted molar refractivity (Wildman–Crippen MR) is 76.3 cm³/mol. The Morgan fingerprint density at radius 1 is 1.45 bits per heavy atom. The van der Waals surface area contributed by atoms with Crippen LogP contribution in [0.15, 0.2) is 33.6 Å². The number of amides is 2. The smallest absolute Gasteiger partial charge is 0.320 e. The van der Waals surface area contributed by atoms with Gasteiger partial charge in [0.25, 0.3) is 0 Å². The van der Waals surface area contributed by atoms with Gasteiger partial charge in [0.15, 0.2) is 10.4 Å². The van der Waals surface area contributed by atoms with Crippen LogP contribution in [0.1, 0.15) is 0 Å². The second kappa shape index (κ2) is 7.01. The maximum absolute atomic E-state index is 11.6. The largest absolute Gasteiger partial charge is 0.448 e. The molecule has 0 radical (unpaired) electrons. The molecule has 0 aliphatic heterocycles. The minimum absolute atomic E-state index is 0.354. The summed E-state index contributed by atoms with van der Waals surface area (Å²) < 4.78 is 10.8. The number of furan rings is 1. The Bertz CT molecular complexity index is 588. The van der Waals surface area contributed by atoms with Crippen molar-refractivity contribution in [3.8, 4) is 11.5 Å². The molecule has 7 nitrogen and oxygen atoms in total. The summed E-state index contributed by atoms with van der Waals surface area (Å²) in [6, 6.07) is 4.81. The van der Waals surface area contributed by atoms with Crippen molar-refractivity contribution in [2.45, 2.75) is 0 Å². The van der Waals surface area contributed by atoms with E-state index < -0.39 is 0 Å². The van der Waals surface area contributed by atoms with Gasteiger partial charge < -0.3 is 14.5 Å². The van der Waals surface area contributed by atoms with Crippen molar-refractivity contribution in [3.63, 3.8) is 0 Å². The zero-order valence-corrected chi connectivity index (χ0v) is 12.3. The summed E-state index contributed by atoms with van der Waals surface area (Å²) in [5.74, 6) is 0.972. The summed E-state index contributed by atoms with van der Waals surface area (Å²) in [6.07, 6.45) is 1.36. The fourth-order valence-corrected chi connectivity index (χ4v) is 1.75. The maximum Gasteiger partial charge on any atom is 0.320 e. The van der Waals surface area contributed by atoms with E-state index in [2.05, 4.69) is 36.5 Å². The predicted octanol–water partition coefficient (Wildman–Crippen LogP) is 2.27. The topological polar surface area (TPSA) is 89.3 Å². The maximum atomic E-state index is 11.6. The van der Waals surface area contributed by atoms with Crippen LogP contribution in [-0.2, 0) is 4.74 Å². The first kappa shape index (κ1) is 14.5. The Morgan fingerprint density at radius 2 is 2.30 bits per heavy atom. The highest BCUT2D eigenvalue weighted by atomic mass is 79.9. The molecule has 2 N–H and O–H groups in total. The Balaban J connectivity index is 2.01. The van der Waals surface area contributed by atoms with Gasteiger partial charge in [-0.1, -0.05) is 0 Å². The third kappa shape index (κ3) is 4.04. The Hall–Kier alpha value is -1.93. The van der Waals surface area contributed by atoms with Crippen molar-refractivity contribution in [2.24, 2.45) is 0 Å². The van der Waals surface area contributed by atoms with Crippen LogP contribution in [0.25, 0.3) is 11.5 Å². The molecule has 0 aliphatic rings. The average Bonchev–Trinajstić information content (AvgIpc) is 2.86. The molecule has 0 saturated carbocycles. The molecule has 0 fully saturated rings. The van der Waals surface area contributed by atoms with E-state index >= 15 is 0 Å². The highest BCUT2D eigenvalue weighted by Gasteiger charge is 2.08. The molecule has 0 saturated heterocycles. The number of carbonyl (C=O) groups is 1. The molecule has 0 aromatic carbocycles. The molecule has 2 heterocycles. The number of hydrogen-bond acceptors (Lipinski definition) is 5. The monoisotopic (exact) mass is 340 g/mol. The van der Waals surface area contributed by atoms with Gasteiger partial charge in [0, 0.05) is 19.7 Å². The van der Waals surface area contributed by atoms with Gasteiger partial charge in [0.2, 0.25) is 0 Å². The second-order valence-electron chi connectivity index (χ2n) is 3.77. The zero-order valence-electron chi connectivity index (χ0n) is 10.7. The van der Waals surface area contributed by atoms with Crippen molar-refractivity contribution in [2.75, 3.05) is 25.6 Å². The molecule has 2 aromatic rings. The molecule has 2 amide bonds. The van der Waals surface area contributed by atoms with Gasteiger partial charge in [0.05, 0.1) is 6.61 Å². The molecule has 0 bridgehead atoms. The van der Waals surface area contributed by atoms with E-state index in [4.69, 9.17) is 9.15 Å². The van der Waals surface area contributed by atoms with Crippen LogP contribution in [0.2, 0.25) is 0 Å². The van der Waals surface area contributed by atoms with E-state index in [0.29, 0.717) is 35.1 Å². The molecule has 2 aromatic heterocycles. The van der Waals surface area contributed by atoms with Crippen LogP contribution in [0.3, 0.4) is 0 Å². The van der Waals surface area contributed by atoms with E-state index in [9.17, 15) is 4.79 Å². The fraction of sp³-hybridized carbons (Fsp3) is 0.250. The molecular formula is C12H13BrN4O3. The van der Waals surface area contributed by atoms with E-state index in [1.165, 1.54) is 6.33 Å². The molecule has 0 atom stereocenters. The van der Waals surface area contributed by atoms with Crippen LogP contribution in [-0.4, -0.2) is 36.3 Å². The van der Waals surface area contributed by atoms with Crippen molar-refractivity contribution in [3.05, 3.63) is 29.2 Å². The average molecular weight is 341 g/mol. The highest BCUT2D eigenvalue weighted by Crippen LogP contribution is 2.24. The summed E-state index contributed by atoms with van der Waals surface area (Å²) in [4.78, 5) is 19.6. The third-order valence-corrected chi connectivity index (χ3v) is 2.75. The number of rotatable bonds is 5. The highest BCUT2D eigenvalue weighted by molar-refractivity contribution is 9.10. The third-order valence-electron chi connectivity index (χ3n) is 2.33. The summed E-state index contributed by atoms with van der Waals surface area (Å²) in [6.45, 7) is 0.869. The second-order valence-corrected chi connectivity index (χ2v) is 4.55. The fourth-order valence-electron chi connectivity index (χ4n) is 1.44. The van der Waals surface area contributed by atoms with Crippen molar-refractivity contribution in [1.82, 2.24) is 15.3 Å². The number of halogens is 1. The number of carbonyl (C=O) groups excluding carboxylic acids is 1. The molecule has 20 heavy (non-hydrogen) atoms. The van der Waals surface area contributed by atoms with Gasteiger partial charge in [-0.05, 0) is 28.1 Å². The number of anilines is 1. The number of methoxy groups -OCH3 is 1. The van der Waals surface area contributed by atoms with E-state index in [0.717, 1.165) is 0 Å². The molecule has 0 spiro atoms. The zero-order chi connectivity index (χ0) is 14.4. The number of nitrogens with zero attached hydrogens (tertiary/aromatic N) is 2. The van der Waals surface area contributed by atoms with E-state index in [1.807, 2.05) is 0 Å². The lowest BCUT2D eigenvalue weighted by Gasteiger charge is -2.06. The van der Waals surface area contributed by atoms with E-state index in [1.54, 1.807) is 25.3 Å².